The van der Waals surface area contributed by atoms with E-state index in [1.54, 1.807) is 44.7 Å². The van der Waals surface area contributed by atoms with Gasteiger partial charge in [-0.15, -0.1) is 0 Å². The van der Waals surface area contributed by atoms with E-state index in [1.165, 1.54) is 12.5 Å². The van der Waals surface area contributed by atoms with Crippen molar-refractivity contribution in [2.75, 3.05) is 11.5 Å². The highest BCUT2D eigenvalue weighted by molar-refractivity contribution is 7.98. The maximum Gasteiger partial charge on any atom is 0.155 e. The van der Waals surface area contributed by atoms with Crippen molar-refractivity contribution in [3.8, 4) is 0 Å². The maximum absolute atomic E-state index is 13.6. The number of benzene rings is 1. The Labute approximate surface area is 168 Å². The Morgan fingerprint density at radius 3 is 2.15 bits per heavy atom. The third-order valence-electron chi connectivity index (χ3n) is 4.44. The Morgan fingerprint density at radius 1 is 1.00 bits per heavy atom. The van der Waals surface area contributed by atoms with E-state index in [1.807, 2.05) is 0 Å². The first-order valence-corrected chi connectivity index (χ1v) is 12.6. The lowest BCUT2D eigenvalue weighted by atomic mass is 10.1. The third-order valence-corrected chi connectivity index (χ3v) is 8.56. The van der Waals surface area contributed by atoms with Crippen molar-refractivity contribution in [3.05, 3.63) is 34.6 Å². The van der Waals surface area contributed by atoms with Crippen LogP contribution in [0.15, 0.2) is 18.2 Å². The molecule has 0 fully saturated rings. The minimum Gasteiger partial charge on any atom is -0.228 e. The first-order chi connectivity index (χ1) is 12.1. The molecule has 150 valence electrons. The molecule has 0 atom stereocenters. The zero-order valence-electron chi connectivity index (χ0n) is 16.2. The van der Waals surface area contributed by atoms with E-state index in [4.69, 9.17) is 11.6 Å². The summed E-state index contributed by atoms with van der Waals surface area (Å²) in [6.45, 7) is 5.29. The van der Waals surface area contributed by atoms with Crippen LogP contribution in [0, 0.1) is 5.82 Å². The fraction of sp³-hybridized carbons (Fsp3) is 0.700. The summed E-state index contributed by atoms with van der Waals surface area (Å²) in [5, 5.41) is 0.506. The van der Waals surface area contributed by atoms with Gasteiger partial charge in [0.05, 0.1) is 10.5 Å². The summed E-state index contributed by atoms with van der Waals surface area (Å²) in [6.07, 6.45) is 7.45. The summed E-state index contributed by atoms with van der Waals surface area (Å²) >= 11 is 7.73. The number of halogens is 2. The molecule has 0 bridgehead atoms. The molecule has 0 N–H and O–H groups in total. The summed E-state index contributed by atoms with van der Waals surface area (Å²) in [5.41, 5.74) is 0.601. The molecule has 0 unspecified atom stereocenters. The van der Waals surface area contributed by atoms with Gasteiger partial charge in [0.15, 0.2) is 9.84 Å². The maximum atomic E-state index is 13.6. The van der Waals surface area contributed by atoms with Gasteiger partial charge in [-0.1, -0.05) is 49.8 Å². The number of hydrogen-bond donors (Lipinski definition) is 0. The first kappa shape index (κ1) is 23.8. The summed E-state index contributed by atoms with van der Waals surface area (Å²) < 4.78 is 37.0. The molecule has 0 amide bonds. The fourth-order valence-corrected chi connectivity index (χ4v) is 5.09. The Balaban J connectivity index is 2.00. The zero-order chi connectivity index (χ0) is 19.6. The smallest absolute Gasteiger partial charge is 0.155 e. The second kappa shape index (κ2) is 11.6. The minimum atomic E-state index is -2.97. The van der Waals surface area contributed by atoms with Crippen molar-refractivity contribution in [3.63, 3.8) is 0 Å². The van der Waals surface area contributed by atoms with E-state index in [0.29, 0.717) is 22.1 Å². The summed E-state index contributed by atoms with van der Waals surface area (Å²) in [4.78, 5) is 0. The Kier molecular flexibility index (Phi) is 10.6. The molecule has 0 heterocycles. The van der Waals surface area contributed by atoms with Gasteiger partial charge in [-0.25, -0.2) is 12.8 Å². The monoisotopic (exact) mass is 422 g/mol. The molecule has 0 saturated heterocycles. The van der Waals surface area contributed by atoms with E-state index < -0.39 is 14.6 Å². The molecule has 0 radical (unpaired) electrons. The van der Waals surface area contributed by atoms with Crippen molar-refractivity contribution in [1.29, 1.82) is 0 Å². The van der Waals surface area contributed by atoms with Crippen LogP contribution in [0.2, 0.25) is 5.02 Å². The largest absolute Gasteiger partial charge is 0.228 e. The molecular formula is C20H32ClFO2S2. The number of unbranched alkanes of at least 4 members (excludes halogenated alkanes) is 6. The fourth-order valence-electron chi connectivity index (χ4n) is 2.53. The van der Waals surface area contributed by atoms with Crippen LogP contribution in [0.3, 0.4) is 0 Å². The molecule has 26 heavy (non-hydrogen) atoms. The zero-order valence-corrected chi connectivity index (χ0v) is 18.6. The summed E-state index contributed by atoms with van der Waals surface area (Å²) in [6, 6.07) is 4.81. The quantitative estimate of drug-likeness (QED) is 0.353. The molecule has 0 aliphatic carbocycles. The molecule has 0 aliphatic heterocycles. The van der Waals surface area contributed by atoms with E-state index in [2.05, 4.69) is 0 Å². The minimum absolute atomic E-state index is 0.224. The average Bonchev–Trinajstić information content (AvgIpc) is 2.53. The van der Waals surface area contributed by atoms with Gasteiger partial charge >= 0.3 is 0 Å². The summed E-state index contributed by atoms with van der Waals surface area (Å²) in [5.74, 6) is 1.70. The van der Waals surface area contributed by atoms with Crippen LogP contribution in [-0.2, 0) is 15.6 Å². The molecule has 0 aromatic heterocycles. The summed E-state index contributed by atoms with van der Waals surface area (Å²) in [7, 11) is -2.97. The Bertz CT molecular complexity index is 619. The molecule has 0 aliphatic rings. The molecular weight excluding hydrogens is 391 g/mol. The van der Waals surface area contributed by atoms with Crippen LogP contribution in [0.25, 0.3) is 0 Å². The third kappa shape index (κ3) is 8.62. The number of sulfone groups is 1. The van der Waals surface area contributed by atoms with Crippen LogP contribution in [0.1, 0.15) is 71.3 Å². The van der Waals surface area contributed by atoms with E-state index in [0.717, 1.165) is 44.3 Å². The normalized spacial score (nSPS) is 12.5. The molecule has 0 saturated carbocycles. The van der Waals surface area contributed by atoms with Crippen molar-refractivity contribution in [2.24, 2.45) is 0 Å². The van der Waals surface area contributed by atoms with Crippen LogP contribution >= 0.6 is 23.4 Å². The van der Waals surface area contributed by atoms with Gasteiger partial charge in [0, 0.05) is 16.3 Å². The second-order valence-electron chi connectivity index (χ2n) is 7.66. The second-order valence-corrected chi connectivity index (χ2v) is 12.0. The van der Waals surface area contributed by atoms with Gasteiger partial charge in [-0.3, -0.25) is 0 Å². The lowest BCUT2D eigenvalue weighted by Gasteiger charge is -2.18. The average molecular weight is 423 g/mol. The predicted octanol–water partition coefficient (Wildman–Crippen LogP) is 6.66. The van der Waals surface area contributed by atoms with Crippen LogP contribution in [-0.4, -0.2) is 24.7 Å². The topological polar surface area (TPSA) is 34.1 Å². The van der Waals surface area contributed by atoms with Gasteiger partial charge in [0.1, 0.15) is 5.82 Å². The lowest BCUT2D eigenvalue weighted by Crippen LogP contribution is -2.30. The van der Waals surface area contributed by atoms with E-state index >= 15 is 0 Å². The predicted molar refractivity (Wildman–Crippen MR) is 113 cm³/mol. The number of thioether (sulfide) groups is 1. The molecule has 1 rings (SSSR count). The number of rotatable bonds is 12. The Morgan fingerprint density at radius 2 is 1.58 bits per heavy atom. The molecule has 1 aromatic rings. The van der Waals surface area contributed by atoms with Crippen molar-refractivity contribution >= 4 is 33.2 Å². The van der Waals surface area contributed by atoms with Crippen LogP contribution < -0.4 is 0 Å². The van der Waals surface area contributed by atoms with E-state index in [9.17, 15) is 12.8 Å². The van der Waals surface area contributed by atoms with Gasteiger partial charge in [0.25, 0.3) is 0 Å². The van der Waals surface area contributed by atoms with Gasteiger partial charge in [-0.2, -0.15) is 11.8 Å². The highest BCUT2D eigenvalue weighted by atomic mass is 35.5. The molecule has 1 aromatic carbocycles. The standard InChI is InChI=1S/C20H32ClFO2S2/c1-20(2,3)26(23,24)15-10-8-6-4-5-7-9-14-25-16-17-18(21)12-11-13-19(17)22/h11-13H,4-10,14-16H2,1-3H3. The van der Waals surface area contributed by atoms with Gasteiger partial charge < -0.3 is 0 Å². The molecule has 6 heteroatoms. The Hall–Kier alpha value is -0.260. The first-order valence-electron chi connectivity index (χ1n) is 9.38. The molecule has 0 spiro atoms. The van der Waals surface area contributed by atoms with Crippen LogP contribution in [0.5, 0.6) is 0 Å². The number of hydrogen-bond acceptors (Lipinski definition) is 3. The highest BCUT2D eigenvalue weighted by Gasteiger charge is 2.27. The SMILES string of the molecule is CC(C)(C)S(=O)(=O)CCCCCCCCCSCc1c(F)cccc1Cl. The lowest BCUT2D eigenvalue weighted by molar-refractivity contribution is 0.551. The van der Waals surface area contributed by atoms with E-state index in [-0.39, 0.29) is 5.82 Å². The van der Waals surface area contributed by atoms with Crippen molar-refractivity contribution in [1.82, 2.24) is 0 Å². The van der Waals surface area contributed by atoms with Crippen LogP contribution in [0.4, 0.5) is 4.39 Å². The van der Waals surface area contributed by atoms with Gasteiger partial charge in [-0.05, 0) is 51.5 Å². The highest BCUT2D eigenvalue weighted by Crippen LogP contribution is 2.24. The van der Waals surface area contributed by atoms with Crippen molar-refractivity contribution in [2.45, 2.75) is 76.2 Å². The van der Waals surface area contributed by atoms with Gasteiger partial charge in [0.2, 0.25) is 0 Å². The molecule has 2 nitrogen and oxygen atoms in total. The van der Waals surface area contributed by atoms with Crippen molar-refractivity contribution < 1.29 is 12.8 Å².